The molecular weight excluding hydrogens is 339 g/mol. The van der Waals surface area contributed by atoms with Gasteiger partial charge in [0.2, 0.25) is 5.91 Å². The van der Waals surface area contributed by atoms with Crippen LogP contribution in [-0.4, -0.2) is 12.5 Å². The summed E-state index contributed by atoms with van der Waals surface area (Å²) in [5.74, 6) is 0.0742. The summed E-state index contributed by atoms with van der Waals surface area (Å²) in [4.78, 5) is 11.7. The van der Waals surface area contributed by atoms with Crippen LogP contribution in [0.5, 0.6) is 5.75 Å². The molecule has 2 rings (SSSR count). The van der Waals surface area contributed by atoms with Gasteiger partial charge in [0.1, 0.15) is 11.6 Å². The number of nitrogens with two attached hydrogens (primary N) is 1. The quantitative estimate of drug-likeness (QED) is 0.808. The van der Waals surface area contributed by atoms with Gasteiger partial charge in [0, 0.05) is 11.4 Å². The highest BCUT2D eigenvalue weighted by molar-refractivity contribution is 9.10. The predicted octanol–water partition coefficient (Wildman–Crippen LogP) is 3.58. The predicted molar refractivity (Wildman–Crippen MR) is 83.7 cm³/mol. The van der Waals surface area contributed by atoms with Gasteiger partial charge in [-0.25, -0.2) is 4.39 Å². The van der Waals surface area contributed by atoms with E-state index in [0.29, 0.717) is 21.6 Å². The molecule has 0 fully saturated rings. The number of carbonyl (C=O) groups excluding carboxylic acids is 1. The van der Waals surface area contributed by atoms with Gasteiger partial charge in [-0.15, -0.1) is 0 Å². The number of hydrogen-bond acceptors (Lipinski definition) is 3. The zero-order valence-electron chi connectivity index (χ0n) is 11.1. The van der Waals surface area contributed by atoms with Gasteiger partial charge in [-0.1, -0.05) is 0 Å². The Morgan fingerprint density at radius 1 is 1.24 bits per heavy atom. The van der Waals surface area contributed by atoms with Crippen molar-refractivity contribution in [2.75, 3.05) is 17.7 Å². The Morgan fingerprint density at radius 3 is 2.62 bits per heavy atom. The standard InChI is InChI=1S/C15H14BrFN2O2/c16-13-9-11(3-6-14(13)17)19-15(20)7-8-21-12-4-1-10(18)2-5-12/h1-6,9H,7-8,18H2,(H,19,20). The summed E-state index contributed by atoms with van der Waals surface area (Å²) in [5, 5.41) is 2.67. The molecule has 0 unspecified atom stereocenters. The van der Waals surface area contributed by atoms with Gasteiger partial charge >= 0.3 is 0 Å². The second kappa shape index (κ2) is 7.08. The normalized spacial score (nSPS) is 10.2. The smallest absolute Gasteiger partial charge is 0.227 e. The maximum absolute atomic E-state index is 13.1. The molecule has 21 heavy (non-hydrogen) atoms. The molecule has 0 aromatic heterocycles. The van der Waals surface area contributed by atoms with Gasteiger partial charge in [0.05, 0.1) is 17.5 Å². The first-order valence-electron chi connectivity index (χ1n) is 6.28. The molecule has 0 saturated carbocycles. The Kier molecular flexibility index (Phi) is 5.16. The number of rotatable bonds is 5. The van der Waals surface area contributed by atoms with Gasteiger partial charge in [-0.3, -0.25) is 4.79 Å². The van der Waals surface area contributed by atoms with Gasteiger partial charge in [-0.05, 0) is 58.4 Å². The lowest BCUT2D eigenvalue weighted by molar-refractivity contribution is -0.116. The molecule has 0 radical (unpaired) electrons. The Balaban J connectivity index is 1.79. The first-order valence-corrected chi connectivity index (χ1v) is 7.07. The van der Waals surface area contributed by atoms with E-state index >= 15 is 0 Å². The molecule has 1 amide bonds. The van der Waals surface area contributed by atoms with E-state index in [-0.39, 0.29) is 24.8 Å². The fourth-order valence-corrected chi connectivity index (χ4v) is 2.00. The molecular formula is C15H14BrFN2O2. The summed E-state index contributed by atoms with van der Waals surface area (Å²) in [6, 6.07) is 11.2. The average molecular weight is 353 g/mol. The summed E-state index contributed by atoms with van der Waals surface area (Å²) in [6.45, 7) is 0.248. The summed E-state index contributed by atoms with van der Waals surface area (Å²) in [6.07, 6.45) is 0.194. The molecule has 0 heterocycles. The lowest BCUT2D eigenvalue weighted by atomic mass is 10.3. The Hall–Kier alpha value is -2.08. The van der Waals surface area contributed by atoms with Crippen molar-refractivity contribution in [3.63, 3.8) is 0 Å². The number of amides is 1. The third-order valence-corrected chi connectivity index (χ3v) is 3.29. The molecule has 110 valence electrons. The fourth-order valence-electron chi connectivity index (χ4n) is 1.62. The van der Waals surface area contributed by atoms with E-state index in [0.717, 1.165) is 0 Å². The van der Waals surface area contributed by atoms with Crippen molar-refractivity contribution in [2.45, 2.75) is 6.42 Å². The molecule has 6 heteroatoms. The van der Waals surface area contributed by atoms with Crippen molar-refractivity contribution in [2.24, 2.45) is 0 Å². The number of ether oxygens (including phenoxy) is 1. The maximum atomic E-state index is 13.1. The zero-order chi connectivity index (χ0) is 15.2. The molecule has 0 aliphatic carbocycles. The first kappa shape index (κ1) is 15.3. The van der Waals surface area contributed by atoms with Crippen LogP contribution in [0.2, 0.25) is 0 Å². The molecule has 2 aromatic carbocycles. The van der Waals surface area contributed by atoms with Crippen LogP contribution in [-0.2, 0) is 4.79 Å². The molecule has 4 nitrogen and oxygen atoms in total. The Labute approximate surface area is 130 Å². The van der Waals surface area contributed by atoms with Crippen LogP contribution >= 0.6 is 15.9 Å². The topological polar surface area (TPSA) is 64.3 Å². The summed E-state index contributed by atoms with van der Waals surface area (Å²) < 4.78 is 18.8. The monoisotopic (exact) mass is 352 g/mol. The Bertz CT molecular complexity index is 632. The van der Waals surface area contributed by atoms with Crippen LogP contribution in [0.1, 0.15) is 6.42 Å². The minimum atomic E-state index is -0.375. The number of nitrogen functional groups attached to an aromatic ring is 1. The number of halogens is 2. The SMILES string of the molecule is Nc1ccc(OCCC(=O)Nc2ccc(F)c(Br)c2)cc1. The van der Waals surface area contributed by atoms with Crippen molar-refractivity contribution in [1.29, 1.82) is 0 Å². The van der Waals surface area contributed by atoms with Gasteiger partial charge in [0.15, 0.2) is 0 Å². The molecule has 3 N–H and O–H groups in total. The molecule has 0 atom stereocenters. The second-order valence-corrected chi connectivity index (χ2v) is 5.20. The van der Waals surface area contributed by atoms with Crippen LogP contribution < -0.4 is 15.8 Å². The van der Waals surface area contributed by atoms with E-state index in [1.165, 1.54) is 18.2 Å². The summed E-state index contributed by atoms with van der Waals surface area (Å²) in [5.41, 5.74) is 6.75. The van der Waals surface area contributed by atoms with Gasteiger partial charge in [-0.2, -0.15) is 0 Å². The van der Waals surface area contributed by atoms with Crippen LogP contribution in [0, 0.1) is 5.82 Å². The number of carbonyl (C=O) groups is 1. The molecule has 0 saturated heterocycles. The van der Waals surface area contributed by atoms with Crippen LogP contribution in [0.15, 0.2) is 46.9 Å². The molecule has 0 aliphatic heterocycles. The first-order chi connectivity index (χ1) is 10.0. The Morgan fingerprint density at radius 2 is 1.95 bits per heavy atom. The van der Waals surface area contributed by atoms with E-state index in [1.807, 2.05) is 0 Å². The van der Waals surface area contributed by atoms with Crippen molar-refractivity contribution in [1.82, 2.24) is 0 Å². The van der Waals surface area contributed by atoms with Gasteiger partial charge < -0.3 is 15.8 Å². The minimum absolute atomic E-state index is 0.194. The average Bonchev–Trinajstić information content (AvgIpc) is 2.45. The van der Waals surface area contributed by atoms with Crippen LogP contribution in [0.25, 0.3) is 0 Å². The lowest BCUT2D eigenvalue weighted by Crippen LogP contribution is -2.15. The number of hydrogen-bond donors (Lipinski definition) is 2. The third-order valence-electron chi connectivity index (χ3n) is 2.68. The largest absolute Gasteiger partial charge is 0.493 e. The highest BCUT2D eigenvalue weighted by Crippen LogP contribution is 2.20. The highest BCUT2D eigenvalue weighted by Gasteiger charge is 2.05. The van der Waals surface area contributed by atoms with Crippen LogP contribution in [0.3, 0.4) is 0 Å². The van der Waals surface area contributed by atoms with Crippen molar-refractivity contribution < 1.29 is 13.9 Å². The van der Waals surface area contributed by atoms with E-state index in [2.05, 4.69) is 21.2 Å². The van der Waals surface area contributed by atoms with E-state index in [9.17, 15) is 9.18 Å². The number of anilines is 2. The van der Waals surface area contributed by atoms with Crippen molar-refractivity contribution in [3.05, 3.63) is 52.8 Å². The van der Waals surface area contributed by atoms with E-state index in [4.69, 9.17) is 10.5 Å². The molecule has 0 spiro atoms. The van der Waals surface area contributed by atoms with Gasteiger partial charge in [0.25, 0.3) is 0 Å². The van der Waals surface area contributed by atoms with E-state index < -0.39 is 0 Å². The van der Waals surface area contributed by atoms with Crippen molar-refractivity contribution >= 4 is 33.2 Å². The molecule has 0 bridgehead atoms. The number of nitrogens with one attached hydrogen (secondary N) is 1. The zero-order valence-corrected chi connectivity index (χ0v) is 12.7. The van der Waals surface area contributed by atoms with E-state index in [1.54, 1.807) is 24.3 Å². The lowest BCUT2D eigenvalue weighted by Gasteiger charge is -2.08. The second-order valence-electron chi connectivity index (χ2n) is 4.34. The molecule has 2 aromatic rings. The highest BCUT2D eigenvalue weighted by atomic mass is 79.9. The maximum Gasteiger partial charge on any atom is 0.227 e. The third kappa shape index (κ3) is 4.75. The summed E-state index contributed by atoms with van der Waals surface area (Å²) in [7, 11) is 0. The fraction of sp³-hybridized carbons (Fsp3) is 0.133. The number of benzene rings is 2. The van der Waals surface area contributed by atoms with Crippen LogP contribution in [0.4, 0.5) is 15.8 Å². The molecule has 0 aliphatic rings. The minimum Gasteiger partial charge on any atom is -0.493 e. The summed E-state index contributed by atoms with van der Waals surface area (Å²) >= 11 is 3.06. The van der Waals surface area contributed by atoms with Crippen molar-refractivity contribution in [3.8, 4) is 5.75 Å².